The van der Waals surface area contributed by atoms with Crippen LogP contribution in [0, 0.1) is 29.1 Å². The summed E-state index contributed by atoms with van der Waals surface area (Å²) in [5.74, 6) is -9.64. The maximum atomic E-state index is 14.5. The van der Waals surface area contributed by atoms with E-state index in [4.69, 9.17) is 4.74 Å². The monoisotopic (exact) mass is 513 g/mol. The van der Waals surface area contributed by atoms with Crippen molar-refractivity contribution in [2.24, 2.45) is 5.10 Å². The molecule has 0 N–H and O–H groups in total. The van der Waals surface area contributed by atoms with Crippen molar-refractivity contribution in [2.45, 2.75) is 44.8 Å². The van der Waals surface area contributed by atoms with Gasteiger partial charge in [-0.3, -0.25) is 0 Å². The molecular formula is C28H24F5N3O. The Labute approximate surface area is 211 Å². The summed E-state index contributed by atoms with van der Waals surface area (Å²) in [7, 11) is 0. The van der Waals surface area contributed by atoms with Crippen LogP contribution in [-0.4, -0.2) is 30.1 Å². The van der Waals surface area contributed by atoms with Crippen molar-refractivity contribution in [3.8, 4) is 11.1 Å². The zero-order valence-corrected chi connectivity index (χ0v) is 20.5. The molecule has 9 heteroatoms. The minimum Gasteiger partial charge on any atom is -0.367 e. The summed E-state index contributed by atoms with van der Waals surface area (Å²) in [4.78, 5) is 1.82. The number of amidine groups is 1. The highest BCUT2D eigenvalue weighted by molar-refractivity contribution is 5.88. The van der Waals surface area contributed by atoms with E-state index in [9.17, 15) is 22.0 Å². The Bertz CT molecular complexity index is 1420. The van der Waals surface area contributed by atoms with Crippen LogP contribution in [0.3, 0.4) is 0 Å². The molecule has 0 unspecified atom stereocenters. The second-order valence-electron chi connectivity index (χ2n) is 10.7. The lowest BCUT2D eigenvalue weighted by Crippen LogP contribution is -2.46. The van der Waals surface area contributed by atoms with Gasteiger partial charge >= 0.3 is 0 Å². The van der Waals surface area contributed by atoms with E-state index in [1.165, 1.54) is 5.56 Å². The highest BCUT2D eigenvalue weighted by Crippen LogP contribution is 2.44. The largest absolute Gasteiger partial charge is 0.367 e. The number of fused-ring (bicyclic) bond motifs is 5. The first kappa shape index (κ1) is 23.9. The molecule has 0 aromatic heterocycles. The number of rotatable bonds is 2. The van der Waals surface area contributed by atoms with E-state index in [-0.39, 0.29) is 30.8 Å². The fraction of sp³-hybridized carbons (Fsp3) is 0.321. The van der Waals surface area contributed by atoms with Crippen LogP contribution in [0.5, 0.6) is 0 Å². The molecule has 0 amide bonds. The van der Waals surface area contributed by atoms with Gasteiger partial charge in [0.05, 0.1) is 12.1 Å². The van der Waals surface area contributed by atoms with Gasteiger partial charge in [0.25, 0.3) is 0 Å². The summed E-state index contributed by atoms with van der Waals surface area (Å²) in [5.41, 5.74) is 4.34. The predicted molar refractivity (Wildman–Crippen MR) is 130 cm³/mol. The molecule has 1 fully saturated rings. The van der Waals surface area contributed by atoms with Crippen molar-refractivity contribution in [1.29, 1.82) is 0 Å². The fourth-order valence-corrected chi connectivity index (χ4v) is 5.38. The molecule has 3 aliphatic rings. The average Bonchev–Trinajstić information content (AvgIpc) is 3.46. The lowest BCUT2D eigenvalue weighted by Gasteiger charge is -2.37. The predicted octanol–water partition coefficient (Wildman–Crippen LogP) is 6.44. The number of halogens is 5. The van der Waals surface area contributed by atoms with Gasteiger partial charge < -0.3 is 9.64 Å². The van der Waals surface area contributed by atoms with E-state index < -0.39 is 34.8 Å². The van der Waals surface area contributed by atoms with Gasteiger partial charge in [-0.15, -0.1) is 0 Å². The Hall–Kier alpha value is -3.46. The van der Waals surface area contributed by atoms with Crippen LogP contribution < -0.4 is 5.01 Å². The summed E-state index contributed by atoms with van der Waals surface area (Å²) in [6.45, 7) is 6.38. The molecule has 1 saturated heterocycles. The number of ether oxygens (including phenoxy) is 1. The van der Waals surface area contributed by atoms with Gasteiger partial charge in [0.15, 0.2) is 29.1 Å². The van der Waals surface area contributed by atoms with Crippen molar-refractivity contribution in [2.75, 3.05) is 18.3 Å². The van der Waals surface area contributed by atoms with Crippen LogP contribution in [-0.2, 0) is 16.6 Å². The molecule has 2 aliphatic heterocycles. The van der Waals surface area contributed by atoms with Gasteiger partial charge in [0, 0.05) is 6.42 Å². The van der Waals surface area contributed by atoms with Gasteiger partial charge in [-0.05, 0) is 39.3 Å². The minimum atomic E-state index is -2.19. The Balaban J connectivity index is 1.34. The second kappa shape index (κ2) is 8.28. The van der Waals surface area contributed by atoms with Crippen LogP contribution in [0.4, 0.5) is 27.6 Å². The first-order valence-electron chi connectivity index (χ1n) is 12.0. The fourth-order valence-electron chi connectivity index (χ4n) is 5.38. The minimum absolute atomic E-state index is 0.0375. The highest BCUT2D eigenvalue weighted by atomic mass is 19.2. The van der Waals surface area contributed by atoms with E-state index in [0.29, 0.717) is 12.3 Å². The number of hydrazone groups is 1. The molecule has 4 nitrogen and oxygen atoms in total. The molecule has 6 rings (SSSR count). The Kier molecular flexibility index (Phi) is 5.35. The quantitative estimate of drug-likeness (QED) is 0.224. The van der Waals surface area contributed by atoms with E-state index >= 15 is 0 Å². The van der Waals surface area contributed by atoms with Gasteiger partial charge in [0.2, 0.25) is 5.82 Å². The second-order valence-corrected chi connectivity index (χ2v) is 10.7. The van der Waals surface area contributed by atoms with Crippen molar-refractivity contribution in [1.82, 2.24) is 4.90 Å². The summed E-state index contributed by atoms with van der Waals surface area (Å²) in [6, 6.07) is 14.3. The van der Waals surface area contributed by atoms with E-state index in [1.54, 1.807) is 0 Å². The Morgan fingerprint density at radius 1 is 0.838 bits per heavy atom. The van der Waals surface area contributed by atoms with Gasteiger partial charge in [0.1, 0.15) is 19.0 Å². The topological polar surface area (TPSA) is 28.1 Å². The molecule has 192 valence electrons. The molecule has 2 atom stereocenters. The number of hydrogen-bond donors (Lipinski definition) is 0. The normalized spacial score (nSPS) is 20.6. The van der Waals surface area contributed by atoms with Crippen LogP contribution in [0.2, 0.25) is 0 Å². The van der Waals surface area contributed by atoms with Crippen LogP contribution in [0.1, 0.15) is 43.5 Å². The number of anilines is 1. The maximum Gasteiger partial charge on any atom is 0.200 e. The SMILES string of the molecule is CC(C)(C)c1ccc(-c2ccc3c(c2)[C@@H]2[C@H](C3)OCC3=NN(c4c(F)c(F)c(F)c(F)c4F)CN32)cc1. The molecular weight excluding hydrogens is 489 g/mol. The lowest BCUT2D eigenvalue weighted by atomic mass is 9.86. The van der Waals surface area contributed by atoms with Crippen molar-refractivity contribution in [3.05, 3.63) is 88.2 Å². The highest BCUT2D eigenvalue weighted by Gasteiger charge is 2.46. The van der Waals surface area contributed by atoms with E-state index in [2.05, 4.69) is 68.3 Å². The van der Waals surface area contributed by atoms with Gasteiger partial charge in [-0.1, -0.05) is 57.2 Å². The lowest BCUT2D eigenvalue weighted by molar-refractivity contribution is 0.00536. The molecule has 0 radical (unpaired) electrons. The molecule has 2 heterocycles. The van der Waals surface area contributed by atoms with Crippen LogP contribution in [0.25, 0.3) is 11.1 Å². The smallest absolute Gasteiger partial charge is 0.200 e. The summed E-state index contributed by atoms with van der Waals surface area (Å²) in [6.07, 6.45) is 0.430. The van der Waals surface area contributed by atoms with Gasteiger partial charge in [-0.25, -0.2) is 27.0 Å². The molecule has 3 aromatic rings. The molecule has 0 saturated carbocycles. The van der Waals surface area contributed by atoms with E-state index in [1.807, 2.05) is 4.90 Å². The molecule has 37 heavy (non-hydrogen) atoms. The third-order valence-electron chi connectivity index (χ3n) is 7.38. The number of nitrogens with zero attached hydrogens (tertiary/aromatic N) is 3. The first-order valence-corrected chi connectivity index (χ1v) is 12.0. The zero-order chi connectivity index (χ0) is 26.2. The number of hydrogen-bond acceptors (Lipinski definition) is 4. The van der Waals surface area contributed by atoms with E-state index in [0.717, 1.165) is 27.3 Å². The Morgan fingerprint density at radius 3 is 2.11 bits per heavy atom. The first-order chi connectivity index (χ1) is 17.5. The standard InChI is InChI=1S/C28H24F5N3O/c1-28(2,3)17-8-6-14(7-9-17)15-4-5-16-11-19-26(18(16)10-15)35-13-36(34-20(35)12-37-19)27-24(32)22(30)21(29)23(31)25(27)33/h4-10,19,26H,11-13H2,1-3H3/t19-,26+/m0/s1. The van der Waals surface area contributed by atoms with Gasteiger partial charge in [-0.2, -0.15) is 5.10 Å². The Morgan fingerprint density at radius 2 is 1.46 bits per heavy atom. The zero-order valence-electron chi connectivity index (χ0n) is 20.5. The van der Waals surface area contributed by atoms with Crippen molar-refractivity contribution in [3.63, 3.8) is 0 Å². The van der Waals surface area contributed by atoms with Crippen molar-refractivity contribution >= 4 is 11.5 Å². The third kappa shape index (κ3) is 3.70. The summed E-state index contributed by atoms with van der Waals surface area (Å²) in [5, 5.41) is 5.00. The van der Waals surface area contributed by atoms with Crippen LogP contribution in [0.15, 0.2) is 47.6 Å². The van der Waals surface area contributed by atoms with Crippen molar-refractivity contribution < 1.29 is 26.7 Å². The summed E-state index contributed by atoms with van der Waals surface area (Å²) >= 11 is 0. The summed E-state index contributed by atoms with van der Waals surface area (Å²) < 4.78 is 76.3. The maximum absolute atomic E-state index is 14.5. The third-order valence-corrected chi connectivity index (χ3v) is 7.38. The number of benzene rings is 3. The molecule has 1 aliphatic carbocycles. The number of morpholine rings is 1. The molecule has 0 bridgehead atoms. The van der Waals surface area contributed by atoms with Crippen LogP contribution >= 0.6 is 0 Å². The molecule has 3 aromatic carbocycles. The molecule has 0 spiro atoms. The average molecular weight is 514 g/mol.